The van der Waals surface area contributed by atoms with Crippen LogP contribution in [0.3, 0.4) is 0 Å². The second-order valence-electron chi connectivity index (χ2n) is 6.47. The number of anilines is 1. The van der Waals surface area contributed by atoms with Crippen molar-refractivity contribution in [1.29, 1.82) is 0 Å². The number of hydrogen-bond donors (Lipinski definition) is 2. The van der Waals surface area contributed by atoms with E-state index in [1.807, 2.05) is 11.0 Å². The molecule has 2 aromatic carbocycles. The first-order chi connectivity index (χ1) is 13.9. The van der Waals surface area contributed by atoms with Crippen molar-refractivity contribution in [1.82, 2.24) is 10.6 Å². The summed E-state index contributed by atoms with van der Waals surface area (Å²) in [5, 5.41) is 5.95. The summed E-state index contributed by atoms with van der Waals surface area (Å²) >= 11 is 1.24. The highest BCUT2D eigenvalue weighted by molar-refractivity contribution is 8.15. The summed E-state index contributed by atoms with van der Waals surface area (Å²) in [5.41, 5.74) is 1.89. The molecule has 0 unspecified atom stereocenters. The topological polar surface area (TPSA) is 108 Å². The molecule has 8 nitrogen and oxygen atoms in total. The lowest BCUT2D eigenvalue weighted by molar-refractivity contribution is 0.0927. The number of carbonyl (C=O) groups excluding carboxylic acids is 2. The van der Waals surface area contributed by atoms with E-state index < -0.39 is 10.0 Å². The van der Waals surface area contributed by atoms with Gasteiger partial charge in [-0.3, -0.25) is 9.59 Å². The fourth-order valence-electron chi connectivity index (χ4n) is 3.02. The molecular formula is C19H18N4O4S2. The Kier molecular flexibility index (Phi) is 5.29. The number of benzene rings is 2. The minimum absolute atomic E-state index is 0.0204. The number of thioether (sulfide) groups is 1. The lowest BCUT2D eigenvalue weighted by atomic mass is 10.2. The van der Waals surface area contributed by atoms with Crippen LogP contribution < -0.4 is 15.5 Å². The highest BCUT2D eigenvalue weighted by atomic mass is 32.2. The highest BCUT2D eigenvalue weighted by Crippen LogP contribution is 2.42. The smallest absolute Gasteiger partial charge is 0.257 e. The van der Waals surface area contributed by atoms with Gasteiger partial charge in [0.1, 0.15) is 0 Å². The number of carbonyl (C=O) groups is 2. The Morgan fingerprint density at radius 3 is 2.41 bits per heavy atom. The maximum atomic E-state index is 12.4. The average Bonchev–Trinajstić information content (AvgIpc) is 3.06. The molecule has 2 N–H and O–H groups in total. The van der Waals surface area contributed by atoms with E-state index in [9.17, 15) is 18.0 Å². The minimum atomic E-state index is -3.41. The Morgan fingerprint density at radius 2 is 1.69 bits per heavy atom. The van der Waals surface area contributed by atoms with Crippen LogP contribution in [0.5, 0.6) is 0 Å². The molecule has 10 heteroatoms. The van der Waals surface area contributed by atoms with Gasteiger partial charge >= 0.3 is 0 Å². The molecule has 2 amide bonds. The normalized spacial score (nSPS) is 16.4. The third-order valence-corrected chi connectivity index (χ3v) is 6.77. The number of rotatable bonds is 5. The van der Waals surface area contributed by atoms with Gasteiger partial charge in [0, 0.05) is 35.7 Å². The molecule has 2 heterocycles. The molecule has 4 rings (SSSR count). The Labute approximate surface area is 172 Å². The van der Waals surface area contributed by atoms with Crippen molar-refractivity contribution in [2.24, 2.45) is 4.40 Å². The third-order valence-electron chi connectivity index (χ3n) is 4.47. The number of amides is 2. The van der Waals surface area contributed by atoms with Gasteiger partial charge in [0.2, 0.25) is 0 Å². The van der Waals surface area contributed by atoms with Crippen molar-refractivity contribution in [2.45, 2.75) is 4.90 Å². The second kappa shape index (κ2) is 7.88. The van der Waals surface area contributed by atoms with Crippen LogP contribution in [0.25, 0.3) is 0 Å². The van der Waals surface area contributed by atoms with Crippen molar-refractivity contribution in [3.05, 3.63) is 59.7 Å². The van der Waals surface area contributed by atoms with Crippen LogP contribution in [0.2, 0.25) is 0 Å². The summed E-state index contributed by atoms with van der Waals surface area (Å²) in [7, 11) is -3.41. The summed E-state index contributed by atoms with van der Waals surface area (Å²) in [6.07, 6.45) is 0. The van der Waals surface area contributed by atoms with Crippen LogP contribution in [0, 0.1) is 0 Å². The van der Waals surface area contributed by atoms with Gasteiger partial charge < -0.3 is 15.5 Å². The zero-order valence-electron chi connectivity index (χ0n) is 15.3. The lowest BCUT2D eigenvalue weighted by Crippen LogP contribution is -2.35. The number of nitrogens with one attached hydrogen (secondary N) is 2. The van der Waals surface area contributed by atoms with Gasteiger partial charge in [-0.25, -0.2) is 8.42 Å². The van der Waals surface area contributed by atoms with Crippen molar-refractivity contribution < 1.29 is 18.0 Å². The maximum absolute atomic E-state index is 12.4. The standard InChI is InChI=1S/C19H18N4O4S2/c24-17(13-4-2-1-3-5-13)20-8-9-21-18(25)14-6-7-15-16(12-14)28-19-22-29(26,27)11-10-23(15)19/h1-7,12H,8-11H2,(H,20,24)(H,21,25). The third kappa shape index (κ3) is 4.28. The van der Waals surface area contributed by atoms with Crippen molar-refractivity contribution in [2.75, 3.05) is 30.3 Å². The molecule has 2 aliphatic heterocycles. The first-order valence-corrected chi connectivity index (χ1v) is 11.4. The summed E-state index contributed by atoms with van der Waals surface area (Å²) < 4.78 is 27.2. The number of sulfonamides is 1. The first-order valence-electron chi connectivity index (χ1n) is 8.96. The van der Waals surface area contributed by atoms with E-state index in [0.29, 0.717) is 35.9 Å². The van der Waals surface area contributed by atoms with Crippen LogP contribution in [0.4, 0.5) is 5.69 Å². The zero-order chi connectivity index (χ0) is 20.4. The van der Waals surface area contributed by atoms with E-state index in [4.69, 9.17) is 0 Å². The van der Waals surface area contributed by atoms with Gasteiger partial charge in [0.05, 0.1) is 11.4 Å². The molecule has 0 aliphatic carbocycles. The molecule has 2 aromatic rings. The average molecular weight is 431 g/mol. The van der Waals surface area contributed by atoms with Crippen LogP contribution in [0.1, 0.15) is 20.7 Å². The van der Waals surface area contributed by atoms with Crippen LogP contribution in [0.15, 0.2) is 57.8 Å². The van der Waals surface area contributed by atoms with Crippen LogP contribution in [-0.2, 0) is 10.0 Å². The van der Waals surface area contributed by atoms with E-state index in [0.717, 1.165) is 10.6 Å². The number of nitrogens with zero attached hydrogens (tertiary/aromatic N) is 2. The SMILES string of the molecule is O=C(NCCNC(=O)c1ccc2c(c1)SC1=NS(=O)(=O)CCN12)c1ccccc1. The molecule has 2 aliphatic rings. The maximum Gasteiger partial charge on any atom is 0.257 e. The molecule has 0 fully saturated rings. The second-order valence-corrected chi connectivity index (χ2v) is 9.24. The van der Waals surface area contributed by atoms with Gasteiger partial charge in [-0.05, 0) is 42.1 Å². The lowest BCUT2D eigenvalue weighted by Gasteiger charge is -2.22. The van der Waals surface area contributed by atoms with Crippen LogP contribution in [-0.4, -0.2) is 50.8 Å². The van der Waals surface area contributed by atoms with Gasteiger partial charge in [-0.2, -0.15) is 0 Å². The molecular weight excluding hydrogens is 412 g/mol. The van der Waals surface area contributed by atoms with Crippen molar-refractivity contribution in [3.8, 4) is 0 Å². The Hall–Kier alpha value is -2.85. The molecule has 0 atom stereocenters. The summed E-state index contributed by atoms with van der Waals surface area (Å²) in [5.74, 6) is -0.476. The number of amidine groups is 1. The van der Waals surface area contributed by atoms with Crippen LogP contribution >= 0.6 is 11.8 Å². The molecule has 150 valence electrons. The highest BCUT2D eigenvalue weighted by Gasteiger charge is 2.33. The fourth-order valence-corrected chi connectivity index (χ4v) is 5.31. The van der Waals surface area contributed by atoms with E-state index in [1.165, 1.54) is 11.8 Å². The van der Waals surface area contributed by atoms with Crippen molar-refractivity contribution in [3.63, 3.8) is 0 Å². The monoisotopic (exact) mass is 430 g/mol. The molecule has 0 bridgehead atoms. The summed E-state index contributed by atoms with van der Waals surface area (Å²) in [6, 6.07) is 14.1. The molecule has 29 heavy (non-hydrogen) atoms. The quantitative estimate of drug-likeness (QED) is 0.696. The minimum Gasteiger partial charge on any atom is -0.350 e. The molecule has 0 aromatic heterocycles. The van der Waals surface area contributed by atoms with Crippen molar-refractivity contribution >= 4 is 44.5 Å². The molecule has 0 saturated heterocycles. The summed E-state index contributed by atoms with van der Waals surface area (Å²) in [4.78, 5) is 27.0. The van der Waals surface area contributed by atoms with E-state index in [1.54, 1.807) is 42.5 Å². The first kappa shape index (κ1) is 19.5. The largest absolute Gasteiger partial charge is 0.350 e. The predicted octanol–water partition coefficient (Wildman–Crippen LogP) is 1.46. The Bertz CT molecular complexity index is 1100. The van der Waals surface area contributed by atoms with E-state index in [-0.39, 0.29) is 17.6 Å². The van der Waals surface area contributed by atoms with Gasteiger partial charge in [-0.15, -0.1) is 4.40 Å². The van der Waals surface area contributed by atoms with Gasteiger partial charge in [-0.1, -0.05) is 18.2 Å². The fraction of sp³-hybridized carbons (Fsp3) is 0.211. The van der Waals surface area contributed by atoms with E-state index in [2.05, 4.69) is 15.0 Å². The van der Waals surface area contributed by atoms with Gasteiger partial charge in [0.15, 0.2) is 5.17 Å². The Morgan fingerprint density at radius 1 is 1.00 bits per heavy atom. The zero-order valence-corrected chi connectivity index (χ0v) is 16.9. The molecule has 0 saturated carbocycles. The Balaban J connectivity index is 1.34. The predicted molar refractivity (Wildman–Crippen MR) is 112 cm³/mol. The van der Waals surface area contributed by atoms with E-state index >= 15 is 0 Å². The molecule has 0 spiro atoms. The molecule has 0 radical (unpaired) electrons. The summed E-state index contributed by atoms with van der Waals surface area (Å²) in [6.45, 7) is 0.953. The van der Waals surface area contributed by atoms with Gasteiger partial charge in [0.25, 0.3) is 21.8 Å². The number of hydrogen-bond acceptors (Lipinski definition) is 6. The number of fused-ring (bicyclic) bond motifs is 3.